The molecule has 0 fully saturated rings. The molecule has 0 bridgehead atoms. The van der Waals surface area contributed by atoms with E-state index in [1.807, 2.05) is 6.08 Å². The normalized spacial score (nSPS) is 10.8. The first-order valence-electron chi connectivity index (χ1n) is 6.83. The van der Waals surface area contributed by atoms with E-state index in [0.717, 1.165) is 0 Å². The first-order chi connectivity index (χ1) is 9.94. The highest BCUT2D eigenvalue weighted by atomic mass is 28.3. The lowest BCUT2D eigenvalue weighted by molar-refractivity contribution is 0.0509. The second-order valence-corrected chi connectivity index (χ2v) is 10.3. The number of carbonyl (C=O) groups is 2. The van der Waals surface area contributed by atoms with Crippen LogP contribution in [0.15, 0.2) is 36.4 Å². The molecule has 0 amide bonds. The monoisotopic (exact) mass is 300 g/mol. The average molecular weight is 300 g/mol. The number of aldehydes is 1. The van der Waals surface area contributed by atoms with Gasteiger partial charge in [0, 0.05) is 12.0 Å². The Hall–Kier alpha value is -2.12. The summed E-state index contributed by atoms with van der Waals surface area (Å²) in [6, 6.07) is 6.59. The topological polar surface area (TPSA) is 43.4 Å². The minimum Gasteiger partial charge on any atom is -0.462 e. The van der Waals surface area contributed by atoms with Crippen molar-refractivity contribution in [3.8, 4) is 11.5 Å². The summed E-state index contributed by atoms with van der Waals surface area (Å²) in [6.45, 7) is 6.82. The maximum Gasteiger partial charge on any atom is 0.338 e. The molecule has 0 aliphatic carbocycles. The van der Waals surface area contributed by atoms with Gasteiger partial charge in [0.25, 0.3) is 0 Å². The molecular weight excluding hydrogens is 280 g/mol. The van der Waals surface area contributed by atoms with E-state index in [0.29, 0.717) is 23.8 Å². The standard InChI is InChI=1S/C17H20O3Si/c1-21(2,3)13-9-5-4-8-12-20-17(19)16-11-7-6-10-15(16)14-18/h4-7,10-11,14H,8,12H2,1-3H3/b5-4-. The highest BCUT2D eigenvalue weighted by molar-refractivity contribution is 6.83. The molecule has 0 aromatic heterocycles. The van der Waals surface area contributed by atoms with Crippen LogP contribution in [-0.4, -0.2) is 26.9 Å². The molecule has 0 spiro atoms. The van der Waals surface area contributed by atoms with Gasteiger partial charge in [0.1, 0.15) is 8.07 Å². The van der Waals surface area contributed by atoms with Crippen molar-refractivity contribution in [2.75, 3.05) is 6.61 Å². The van der Waals surface area contributed by atoms with Crippen molar-refractivity contribution >= 4 is 20.3 Å². The Labute approximate surface area is 127 Å². The van der Waals surface area contributed by atoms with Crippen LogP contribution in [0.1, 0.15) is 27.1 Å². The van der Waals surface area contributed by atoms with Crippen molar-refractivity contribution < 1.29 is 14.3 Å². The Morgan fingerprint density at radius 3 is 2.67 bits per heavy atom. The van der Waals surface area contributed by atoms with Crippen LogP contribution in [0.2, 0.25) is 19.6 Å². The van der Waals surface area contributed by atoms with Crippen LogP contribution in [-0.2, 0) is 4.74 Å². The number of allylic oxidation sites excluding steroid dienone is 1. The molecule has 1 aromatic carbocycles. The van der Waals surface area contributed by atoms with Crippen LogP contribution in [0, 0.1) is 11.5 Å². The van der Waals surface area contributed by atoms with Gasteiger partial charge in [0.05, 0.1) is 12.2 Å². The van der Waals surface area contributed by atoms with E-state index < -0.39 is 14.0 Å². The molecule has 1 aromatic rings. The first-order valence-corrected chi connectivity index (χ1v) is 10.3. The maximum atomic E-state index is 11.8. The molecule has 0 N–H and O–H groups in total. The number of ether oxygens (including phenoxy) is 1. The number of benzene rings is 1. The molecule has 0 aliphatic heterocycles. The van der Waals surface area contributed by atoms with E-state index in [2.05, 4.69) is 31.1 Å². The third-order valence-corrected chi connectivity index (χ3v) is 3.37. The fourth-order valence-electron chi connectivity index (χ4n) is 1.48. The Balaban J connectivity index is 2.42. The molecule has 0 aliphatic rings. The van der Waals surface area contributed by atoms with Crippen LogP contribution in [0.4, 0.5) is 0 Å². The van der Waals surface area contributed by atoms with Crippen molar-refractivity contribution in [3.63, 3.8) is 0 Å². The Morgan fingerprint density at radius 2 is 2.00 bits per heavy atom. The largest absolute Gasteiger partial charge is 0.462 e. The van der Waals surface area contributed by atoms with Crippen LogP contribution in [0.3, 0.4) is 0 Å². The van der Waals surface area contributed by atoms with E-state index in [4.69, 9.17) is 4.74 Å². The fraction of sp³-hybridized carbons (Fsp3) is 0.294. The highest BCUT2D eigenvalue weighted by Gasteiger charge is 2.10. The minimum atomic E-state index is -1.33. The first kappa shape index (κ1) is 16.9. The van der Waals surface area contributed by atoms with Gasteiger partial charge in [-0.3, -0.25) is 4.79 Å². The summed E-state index contributed by atoms with van der Waals surface area (Å²) >= 11 is 0. The smallest absolute Gasteiger partial charge is 0.338 e. The predicted octanol–water partition coefficient (Wildman–Crippen LogP) is 3.48. The summed E-state index contributed by atoms with van der Waals surface area (Å²) in [5.41, 5.74) is 3.87. The Kier molecular flexibility index (Phi) is 6.63. The molecule has 21 heavy (non-hydrogen) atoms. The number of hydrogen-bond donors (Lipinski definition) is 0. The Morgan fingerprint density at radius 1 is 1.29 bits per heavy atom. The maximum absolute atomic E-state index is 11.8. The number of rotatable bonds is 5. The van der Waals surface area contributed by atoms with E-state index in [1.54, 1.807) is 30.3 Å². The second kappa shape index (κ2) is 8.23. The van der Waals surface area contributed by atoms with Gasteiger partial charge in [0.2, 0.25) is 0 Å². The van der Waals surface area contributed by atoms with E-state index in [9.17, 15) is 9.59 Å². The summed E-state index contributed by atoms with van der Waals surface area (Å²) in [5, 5.41) is 0. The molecule has 4 heteroatoms. The molecule has 0 heterocycles. The quantitative estimate of drug-likeness (QED) is 0.275. The zero-order chi connectivity index (χ0) is 15.7. The van der Waals surface area contributed by atoms with Gasteiger partial charge < -0.3 is 4.74 Å². The van der Waals surface area contributed by atoms with Gasteiger partial charge in [-0.1, -0.05) is 49.8 Å². The summed E-state index contributed by atoms with van der Waals surface area (Å²) in [5.74, 6) is 2.53. The molecule has 0 radical (unpaired) electrons. The van der Waals surface area contributed by atoms with Crippen molar-refractivity contribution in [1.29, 1.82) is 0 Å². The minimum absolute atomic E-state index is 0.275. The van der Waals surface area contributed by atoms with Crippen LogP contribution >= 0.6 is 0 Å². The van der Waals surface area contributed by atoms with Gasteiger partial charge in [0.15, 0.2) is 6.29 Å². The number of esters is 1. The van der Waals surface area contributed by atoms with Gasteiger partial charge in [-0.15, -0.1) is 5.54 Å². The molecule has 0 atom stereocenters. The van der Waals surface area contributed by atoms with Gasteiger partial charge in [-0.25, -0.2) is 4.79 Å². The highest BCUT2D eigenvalue weighted by Crippen LogP contribution is 2.08. The zero-order valence-electron chi connectivity index (χ0n) is 12.7. The lowest BCUT2D eigenvalue weighted by atomic mass is 10.1. The lowest BCUT2D eigenvalue weighted by Gasteiger charge is -2.04. The molecule has 110 valence electrons. The zero-order valence-corrected chi connectivity index (χ0v) is 13.7. The van der Waals surface area contributed by atoms with Crippen LogP contribution in [0.25, 0.3) is 0 Å². The molecule has 0 saturated carbocycles. The second-order valence-electron chi connectivity index (χ2n) is 5.55. The van der Waals surface area contributed by atoms with Crippen molar-refractivity contribution in [3.05, 3.63) is 47.5 Å². The summed E-state index contributed by atoms with van der Waals surface area (Å²) in [7, 11) is -1.33. The van der Waals surface area contributed by atoms with E-state index in [-0.39, 0.29) is 6.61 Å². The van der Waals surface area contributed by atoms with E-state index in [1.165, 1.54) is 0 Å². The number of hydrogen-bond acceptors (Lipinski definition) is 3. The van der Waals surface area contributed by atoms with Crippen molar-refractivity contribution in [2.45, 2.75) is 26.1 Å². The fourth-order valence-corrected chi connectivity index (χ4v) is 2.00. The van der Waals surface area contributed by atoms with Gasteiger partial charge in [-0.2, -0.15) is 0 Å². The molecule has 0 unspecified atom stereocenters. The molecule has 1 rings (SSSR count). The van der Waals surface area contributed by atoms with Gasteiger partial charge in [-0.05, 0) is 12.1 Å². The molecular formula is C17H20O3Si. The van der Waals surface area contributed by atoms with Gasteiger partial charge >= 0.3 is 5.97 Å². The summed E-state index contributed by atoms with van der Waals surface area (Å²) < 4.78 is 5.13. The average Bonchev–Trinajstić information content (AvgIpc) is 2.44. The van der Waals surface area contributed by atoms with Crippen molar-refractivity contribution in [2.24, 2.45) is 0 Å². The predicted molar refractivity (Wildman–Crippen MR) is 87.0 cm³/mol. The summed E-state index contributed by atoms with van der Waals surface area (Å²) in [6.07, 6.45) is 4.94. The van der Waals surface area contributed by atoms with Crippen molar-refractivity contribution in [1.82, 2.24) is 0 Å². The van der Waals surface area contributed by atoms with Crippen LogP contribution in [0.5, 0.6) is 0 Å². The Bertz CT molecular complexity index is 586. The van der Waals surface area contributed by atoms with Crippen LogP contribution < -0.4 is 0 Å². The van der Waals surface area contributed by atoms with E-state index >= 15 is 0 Å². The number of carbonyl (C=O) groups excluding carboxylic acids is 2. The molecule has 3 nitrogen and oxygen atoms in total. The third kappa shape index (κ3) is 6.73. The SMILES string of the molecule is C[Si](C)(C)C#C/C=C\CCOC(=O)c1ccccc1C=O. The lowest BCUT2D eigenvalue weighted by Crippen LogP contribution is -2.16. The summed E-state index contributed by atoms with van der Waals surface area (Å²) in [4.78, 5) is 22.6. The third-order valence-electron chi connectivity index (χ3n) is 2.47. The molecule has 0 saturated heterocycles.